The Hall–Kier alpha value is -3.90. The van der Waals surface area contributed by atoms with Crippen LogP contribution in [0.15, 0.2) is 24.5 Å². The van der Waals surface area contributed by atoms with E-state index >= 15 is 0 Å². The summed E-state index contributed by atoms with van der Waals surface area (Å²) in [5, 5.41) is 10.4. The maximum Gasteiger partial charge on any atom is 0.433 e. The van der Waals surface area contributed by atoms with Gasteiger partial charge in [-0.3, -0.25) is 9.48 Å². The zero-order valence-corrected chi connectivity index (χ0v) is 20.5. The molecule has 36 heavy (non-hydrogen) atoms. The molecule has 0 radical (unpaired) electrons. The standard InChI is InChI=1S/C23H27F3N8O2/c1-12(2)18-20(35)31-17-13(3)29-22(32-19(17)33(18)4)27-8-14-9-28-34(10-14)11-15-6-7-16(23(24,25)26)30-21(15)36-5/h6-7,9-10,12,18H,8,11H2,1-5H3,(H,31,35)(H,27,29,32). The number of carbonyl (C=O) groups is 1. The average molecular weight is 505 g/mol. The Bertz CT molecular complexity index is 1270. The normalized spacial score (nSPS) is 15.6. The van der Waals surface area contributed by atoms with Gasteiger partial charge in [-0.25, -0.2) is 9.97 Å². The Morgan fingerprint density at radius 3 is 2.64 bits per heavy atom. The van der Waals surface area contributed by atoms with Crippen molar-refractivity contribution in [2.24, 2.45) is 5.92 Å². The topological polar surface area (TPSA) is 110 Å². The molecular formula is C23H27F3N8O2. The number of ether oxygens (including phenoxy) is 1. The van der Waals surface area contributed by atoms with Gasteiger partial charge in [-0.1, -0.05) is 13.8 Å². The van der Waals surface area contributed by atoms with Crippen LogP contribution in [0.5, 0.6) is 5.88 Å². The number of likely N-dealkylation sites (N-methyl/N-ethyl adjacent to an activating group) is 1. The molecule has 0 bridgehead atoms. The summed E-state index contributed by atoms with van der Waals surface area (Å²) in [5.41, 5.74) is 1.50. The zero-order chi connectivity index (χ0) is 26.2. The number of fused-ring (bicyclic) bond motifs is 1. The number of methoxy groups -OCH3 is 1. The van der Waals surface area contributed by atoms with Crippen LogP contribution in [0.4, 0.5) is 30.6 Å². The largest absolute Gasteiger partial charge is 0.481 e. The Kier molecular flexibility index (Phi) is 6.74. The molecule has 0 aromatic carbocycles. The smallest absolute Gasteiger partial charge is 0.433 e. The van der Waals surface area contributed by atoms with Gasteiger partial charge in [0.25, 0.3) is 0 Å². The molecule has 13 heteroatoms. The van der Waals surface area contributed by atoms with E-state index in [9.17, 15) is 18.0 Å². The quantitative estimate of drug-likeness (QED) is 0.503. The fourth-order valence-electron chi connectivity index (χ4n) is 4.16. The number of hydrogen-bond donors (Lipinski definition) is 2. The molecule has 1 aliphatic heterocycles. The van der Waals surface area contributed by atoms with Crippen molar-refractivity contribution in [3.05, 3.63) is 47.0 Å². The highest BCUT2D eigenvalue weighted by molar-refractivity contribution is 6.03. The van der Waals surface area contributed by atoms with Crippen molar-refractivity contribution in [2.75, 3.05) is 29.7 Å². The van der Waals surface area contributed by atoms with Gasteiger partial charge >= 0.3 is 6.18 Å². The molecule has 0 fully saturated rings. The van der Waals surface area contributed by atoms with E-state index in [4.69, 9.17) is 4.74 Å². The zero-order valence-electron chi connectivity index (χ0n) is 20.5. The van der Waals surface area contributed by atoms with Crippen LogP contribution < -0.4 is 20.3 Å². The van der Waals surface area contributed by atoms with Crippen LogP contribution in [0.2, 0.25) is 0 Å². The molecule has 4 rings (SSSR count). The highest BCUT2D eigenvalue weighted by Gasteiger charge is 2.35. The molecule has 0 saturated carbocycles. The molecule has 0 saturated heterocycles. The van der Waals surface area contributed by atoms with Crippen LogP contribution >= 0.6 is 0 Å². The minimum Gasteiger partial charge on any atom is -0.481 e. The van der Waals surface area contributed by atoms with Gasteiger partial charge in [0, 0.05) is 30.9 Å². The predicted octanol–water partition coefficient (Wildman–Crippen LogP) is 3.48. The number of anilines is 3. The van der Waals surface area contributed by atoms with Crippen molar-refractivity contribution in [3.8, 4) is 5.88 Å². The molecule has 0 aliphatic carbocycles. The van der Waals surface area contributed by atoms with Crippen LogP contribution in [-0.4, -0.2) is 50.8 Å². The predicted molar refractivity (Wildman–Crippen MR) is 127 cm³/mol. The van der Waals surface area contributed by atoms with E-state index in [2.05, 4.69) is 30.7 Å². The van der Waals surface area contributed by atoms with Gasteiger partial charge in [-0.15, -0.1) is 0 Å². The van der Waals surface area contributed by atoms with Gasteiger partial charge in [-0.2, -0.15) is 23.3 Å². The number of pyridine rings is 1. The third-order valence-electron chi connectivity index (χ3n) is 5.86. The lowest BCUT2D eigenvalue weighted by atomic mass is 9.99. The van der Waals surface area contributed by atoms with Crippen LogP contribution in [0.3, 0.4) is 0 Å². The van der Waals surface area contributed by atoms with Gasteiger partial charge < -0.3 is 20.3 Å². The monoisotopic (exact) mass is 504 g/mol. The summed E-state index contributed by atoms with van der Waals surface area (Å²) in [5.74, 6) is 0.951. The van der Waals surface area contributed by atoms with Crippen molar-refractivity contribution in [1.29, 1.82) is 0 Å². The minimum atomic E-state index is -4.55. The Morgan fingerprint density at radius 2 is 1.97 bits per heavy atom. The number of aromatic nitrogens is 5. The van der Waals surface area contributed by atoms with E-state index in [1.807, 2.05) is 25.8 Å². The molecule has 4 heterocycles. The highest BCUT2D eigenvalue weighted by atomic mass is 19.4. The van der Waals surface area contributed by atoms with Gasteiger partial charge in [0.2, 0.25) is 17.7 Å². The Balaban J connectivity index is 1.47. The molecule has 1 atom stereocenters. The van der Waals surface area contributed by atoms with E-state index in [-0.39, 0.29) is 30.3 Å². The Morgan fingerprint density at radius 1 is 1.22 bits per heavy atom. The Labute approximate surface area is 205 Å². The molecule has 1 unspecified atom stereocenters. The first-order valence-corrected chi connectivity index (χ1v) is 11.3. The molecule has 3 aromatic rings. The molecule has 0 spiro atoms. The van der Waals surface area contributed by atoms with Crippen molar-refractivity contribution in [3.63, 3.8) is 0 Å². The van der Waals surface area contributed by atoms with Gasteiger partial charge in [-0.05, 0) is 25.0 Å². The van der Waals surface area contributed by atoms with Crippen molar-refractivity contribution in [2.45, 2.75) is 46.1 Å². The lowest BCUT2D eigenvalue weighted by molar-refractivity contribution is -0.141. The lowest BCUT2D eigenvalue weighted by Gasteiger charge is -2.36. The summed E-state index contributed by atoms with van der Waals surface area (Å²) < 4.78 is 45.4. The second kappa shape index (κ2) is 9.63. The summed E-state index contributed by atoms with van der Waals surface area (Å²) in [6.07, 6.45) is -1.15. The van der Waals surface area contributed by atoms with Crippen LogP contribution in [0.25, 0.3) is 0 Å². The number of amides is 1. The maximum absolute atomic E-state index is 12.9. The fourth-order valence-corrected chi connectivity index (χ4v) is 4.16. The van der Waals surface area contributed by atoms with Crippen molar-refractivity contribution < 1.29 is 22.7 Å². The first kappa shape index (κ1) is 25.2. The summed E-state index contributed by atoms with van der Waals surface area (Å²) in [7, 11) is 3.12. The summed E-state index contributed by atoms with van der Waals surface area (Å²) in [6.45, 7) is 6.31. The number of aryl methyl sites for hydroxylation is 1. The fraction of sp³-hybridized carbons (Fsp3) is 0.435. The number of hydrogen-bond acceptors (Lipinski definition) is 8. The van der Waals surface area contributed by atoms with Crippen LogP contribution in [0, 0.1) is 12.8 Å². The summed E-state index contributed by atoms with van der Waals surface area (Å²) >= 11 is 0. The highest BCUT2D eigenvalue weighted by Crippen LogP contribution is 2.34. The SMILES string of the molecule is COc1nc(C(F)(F)F)ccc1Cn1cc(CNc2nc(C)c3c(n2)N(C)C(C(C)C)C(=O)N3)cn1. The number of nitrogens with one attached hydrogen (secondary N) is 2. The van der Waals surface area contributed by atoms with Gasteiger partial charge in [0.05, 0.1) is 25.5 Å². The average Bonchev–Trinajstić information content (AvgIpc) is 3.25. The lowest BCUT2D eigenvalue weighted by Crippen LogP contribution is -2.49. The van der Waals surface area contributed by atoms with E-state index in [1.54, 1.807) is 24.0 Å². The molecule has 1 amide bonds. The molecule has 1 aliphatic rings. The molecule has 192 valence electrons. The second-order valence-electron chi connectivity index (χ2n) is 8.88. The van der Waals surface area contributed by atoms with Crippen LogP contribution in [0.1, 0.15) is 36.4 Å². The minimum absolute atomic E-state index is 0.0836. The summed E-state index contributed by atoms with van der Waals surface area (Å²) in [6, 6.07) is 1.91. The molecule has 3 aromatic heterocycles. The van der Waals surface area contributed by atoms with Crippen LogP contribution in [-0.2, 0) is 24.1 Å². The third-order valence-corrected chi connectivity index (χ3v) is 5.86. The third kappa shape index (κ3) is 5.04. The number of carbonyl (C=O) groups excluding carboxylic acids is 1. The van der Waals surface area contributed by atoms with E-state index in [1.165, 1.54) is 13.2 Å². The van der Waals surface area contributed by atoms with Gasteiger partial charge in [0.1, 0.15) is 17.4 Å². The van der Waals surface area contributed by atoms with E-state index in [0.29, 0.717) is 35.3 Å². The molecular weight excluding hydrogens is 477 g/mol. The number of halogens is 3. The maximum atomic E-state index is 12.9. The summed E-state index contributed by atoms with van der Waals surface area (Å²) in [4.78, 5) is 27.0. The van der Waals surface area contributed by atoms with Crippen molar-refractivity contribution >= 4 is 23.4 Å². The first-order chi connectivity index (χ1) is 17.0. The first-order valence-electron chi connectivity index (χ1n) is 11.3. The van der Waals surface area contributed by atoms with E-state index < -0.39 is 11.9 Å². The number of rotatable bonds is 7. The van der Waals surface area contributed by atoms with Gasteiger partial charge in [0.15, 0.2) is 5.82 Å². The molecule has 10 nitrogen and oxygen atoms in total. The van der Waals surface area contributed by atoms with Crippen molar-refractivity contribution in [1.82, 2.24) is 24.7 Å². The second-order valence-corrected chi connectivity index (χ2v) is 8.88. The number of alkyl halides is 3. The number of nitrogens with zero attached hydrogens (tertiary/aromatic N) is 6. The van der Waals surface area contributed by atoms with E-state index in [0.717, 1.165) is 11.6 Å². The molecule has 2 N–H and O–H groups in total.